The van der Waals surface area contributed by atoms with E-state index in [2.05, 4.69) is 41.3 Å². The first kappa shape index (κ1) is 20.3. The molecule has 162 valence electrons. The average molecular weight is 588 g/mol. The number of anilines is 3. The van der Waals surface area contributed by atoms with E-state index in [0.717, 1.165) is 24.9 Å². The van der Waals surface area contributed by atoms with Gasteiger partial charge in [0, 0.05) is 0 Å². The summed E-state index contributed by atoms with van der Waals surface area (Å²) in [5.74, 6) is 0.645. The molecule has 0 saturated heterocycles. The summed E-state index contributed by atoms with van der Waals surface area (Å²) in [6.07, 6.45) is 3.65. The van der Waals surface area contributed by atoms with Crippen LogP contribution in [0, 0.1) is 0 Å². The number of rotatable bonds is 2. The van der Waals surface area contributed by atoms with E-state index in [-0.39, 0.29) is 46.6 Å². The van der Waals surface area contributed by atoms with Gasteiger partial charge in [-0.3, -0.25) is 0 Å². The van der Waals surface area contributed by atoms with Crippen LogP contribution < -0.4 is 13.8 Å². The molecule has 0 bridgehead atoms. The zero-order chi connectivity index (χ0) is 22.8. The minimum absolute atomic E-state index is 0.0606. The van der Waals surface area contributed by atoms with Crippen molar-refractivity contribution in [1.29, 1.82) is 0 Å². The van der Waals surface area contributed by atoms with Crippen LogP contribution in [0.25, 0.3) is 16.2 Å². The fourth-order valence-corrected chi connectivity index (χ4v) is 9.40. The quantitative estimate of drug-likeness (QED) is 0.173. The van der Waals surface area contributed by atoms with Crippen LogP contribution in [0.1, 0.15) is 25.2 Å². The maximum atomic E-state index is 13.1. The van der Waals surface area contributed by atoms with Crippen molar-refractivity contribution >= 4 is 93.5 Å². The number of carbonyl (C=O) groups excluding carboxylic acids is 2. The molecular formula is C27H14N2O2SSe2. The molecule has 3 aromatic heterocycles. The van der Waals surface area contributed by atoms with Gasteiger partial charge in [-0.1, -0.05) is 0 Å². The van der Waals surface area contributed by atoms with Gasteiger partial charge in [0.1, 0.15) is 0 Å². The standard InChI is InChI=1S/C27H14N2O2SSe2/c30-25-17-12-15-9-11-32-21(15)14-18(17)26(31)19(25)13-16-7-8-24(33-16)29-20-4-1-2-5-22(20)34-23-6-3-10-28-27(23)29/h1-14H/b19-13+. The molecule has 0 N–H and O–H groups in total. The zero-order valence-electron chi connectivity index (χ0n) is 17.5. The molecule has 1 aliphatic heterocycles. The number of ketones is 2. The second kappa shape index (κ2) is 7.74. The first-order valence-corrected chi connectivity index (χ1v) is 14.9. The number of fused-ring (bicyclic) bond motifs is 4. The molecule has 0 atom stereocenters. The van der Waals surface area contributed by atoms with Crippen LogP contribution in [-0.4, -0.2) is 46.0 Å². The third kappa shape index (κ3) is 3.06. The SMILES string of the molecule is O=C1/C(=C\c2ccc(N3c4ccccc4[Se]c4cccnc43)[se]2)C(=O)c2cc3sccc3cc21. The Labute approximate surface area is 211 Å². The van der Waals surface area contributed by atoms with Gasteiger partial charge in [-0.15, -0.1) is 0 Å². The Hall–Kier alpha value is -3.05. The predicted octanol–water partition coefficient (Wildman–Crippen LogP) is 4.25. The molecule has 0 unspecified atom stereocenters. The van der Waals surface area contributed by atoms with Gasteiger partial charge in [0.25, 0.3) is 0 Å². The molecule has 7 rings (SSSR count). The van der Waals surface area contributed by atoms with Crippen LogP contribution in [0.4, 0.5) is 16.1 Å². The van der Waals surface area contributed by atoms with Crippen molar-refractivity contribution in [2.24, 2.45) is 0 Å². The molecule has 4 heterocycles. The molecular weight excluding hydrogens is 574 g/mol. The van der Waals surface area contributed by atoms with Crippen molar-refractivity contribution in [1.82, 2.24) is 4.98 Å². The van der Waals surface area contributed by atoms with Crippen molar-refractivity contribution < 1.29 is 9.59 Å². The normalized spacial score (nSPS) is 15.6. The van der Waals surface area contributed by atoms with Gasteiger partial charge in [-0.05, 0) is 0 Å². The van der Waals surface area contributed by atoms with E-state index < -0.39 is 0 Å². The molecule has 2 aliphatic rings. The summed E-state index contributed by atoms with van der Waals surface area (Å²) in [5.41, 5.74) is 2.49. The molecule has 5 aromatic rings. The molecule has 0 spiro atoms. The second-order valence-electron chi connectivity index (χ2n) is 7.98. The Balaban J connectivity index is 1.30. The summed E-state index contributed by atoms with van der Waals surface area (Å²) in [6.45, 7) is 0. The summed E-state index contributed by atoms with van der Waals surface area (Å²) in [5, 5.41) is 2.99. The van der Waals surface area contributed by atoms with Gasteiger partial charge in [0.2, 0.25) is 0 Å². The van der Waals surface area contributed by atoms with E-state index >= 15 is 0 Å². The molecule has 34 heavy (non-hydrogen) atoms. The maximum absolute atomic E-state index is 13.1. The van der Waals surface area contributed by atoms with Crippen molar-refractivity contribution in [3.8, 4) is 0 Å². The van der Waals surface area contributed by atoms with Crippen LogP contribution in [0.2, 0.25) is 0 Å². The Morgan fingerprint density at radius 2 is 1.71 bits per heavy atom. The number of Topliss-reactive ketones (excluding diaryl/α,β-unsaturated/α-hetero) is 2. The summed E-state index contributed by atoms with van der Waals surface area (Å²) >= 11 is 1.74. The Morgan fingerprint density at radius 1 is 0.882 bits per heavy atom. The first-order chi connectivity index (χ1) is 16.7. The van der Waals surface area contributed by atoms with E-state index in [1.165, 1.54) is 14.6 Å². The Bertz CT molecular complexity index is 1600. The van der Waals surface area contributed by atoms with Gasteiger partial charge in [-0.2, -0.15) is 0 Å². The third-order valence-corrected chi connectivity index (χ3v) is 11.3. The van der Waals surface area contributed by atoms with Crippen molar-refractivity contribution in [2.45, 2.75) is 0 Å². The molecule has 2 aromatic carbocycles. The average Bonchev–Trinajstić information content (AvgIpc) is 3.57. The Morgan fingerprint density at radius 3 is 2.62 bits per heavy atom. The number of para-hydroxylation sites is 1. The van der Waals surface area contributed by atoms with Gasteiger partial charge in [-0.25, -0.2) is 0 Å². The van der Waals surface area contributed by atoms with Crippen molar-refractivity contribution in [2.75, 3.05) is 4.90 Å². The topological polar surface area (TPSA) is 50.3 Å². The first-order valence-electron chi connectivity index (χ1n) is 10.6. The van der Waals surface area contributed by atoms with Gasteiger partial charge < -0.3 is 0 Å². The molecule has 1 aliphatic carbocycles. The zero-order valence-corrected chi connectivity index (χ0v) is 21.8. The number of hydrogen-bond donors (Lipinski definition) is 0. The number of thiophene rings is 1. The van der Waals surface area contributed by atoms with Gasteiger partial charge in [0.05, 0.1) is 0 Å². The second-order valence-corrected chi connectivity index (χ2v) is 13.5. The number of nitrogens with zero attached hydrogens (tertiary/aromatic N) is 2. The van der Waals surface area contributed by atoms with Crippen LogP contribution in [-0.2, 0) is 0 Å². The third-order valence-electron chi connectivity index (χ3n) is 5.98. The monoisotopic (exact) mass is 590 g/mol. The summed E-state index contributed by atoms with van der Waals surface area (Å²) in [4.78, 5) is 33.2. The van der Waals surface area contributed by atoms with Crippen molar-refractivity contribution in [3.63, 3.8) is 0 Å². The van der Waals surface area contributed by atoms with E-state index in [1.807, 2.05) is 41.9 Å². The van der Waals surface area contributed by atoms with Crippen LogP contribution >= 0.6 is 11.3 Å². The van der Waals surface area contributed by atoms with Crippen LogP contribution in [0.3, 0.4) is 0 Å². The minimum atomic E-state index is -0.170. The summed E-state index contributed by atoms with van der Waals surface area (Å²) < 4.78 is 5.79. The fraction of sp³-hybridized carbons (Fsp3) is 0. The van der Waals surface area contributed by atoms with E-state index in [1.54, 1.807) is 17.4 Å². The van der Waals surface area contributed by atoms with Crippen LogP contribution in [0.5, 0.6) is 0 Å². The number of hydrogen-bond acceptors (Lipinski definition) is 5. The number of pyridine rings is 1. The number of aromatic nitrogens is 1. The molecule has 0 fully saturated rings. The van der Waals surface area contributed by atoms with Crippen molar-refractivity contribution in [3.05, 3.63) is 99.4 Å². The summed E-state index contributed by atoms with van der Waals surface area (Å²) in [7, 11) is 0. The number of allylic oxidation sites excluding steroid dienone is 1. The number of benzene rings is 2. The molecule has 0 saturated carbocycles. The molecule has 0 radical (unpaired) electrons. The fourth-order valence-electron chi connectivity index (χ4n) is 4.41. The van der Waals surface area contributed by atoms with Crippen LogP contribution in [0.15, 0.2) is 83.9 Å². The summed E-state index contributed by atoms with van der Waals surface area (Å²) in [6, 6.07) is 22.5. The number of carbonyl (C=O) groups is 2. The predicted molar refractivity (Wildman–Crippen MR) is 139 cm³/mol. The molecule has 4 nitrogen and oxygen atoms in total. The van der Waals surface area contributed by atoms with Gasteiger partial charge in [0.15, 0.2) is 0 Å². The van der Waals surface area contributed by atoms with Gasteiger partial charge >= 0.3 is 212 Å². The van der Waals surface area contributed by atoms with E-state index in [0.29, 0.717) is 11.1 Å². The van der Waals surface area contributed by atoms with E-state index in [4.69, 9.17) is 4.98 Å². The Kier molecular flexibility index (Phi) is 4.63. The molecule has 7 heteroatoms. The van der Waals surface area contributed by atoms with E-state index in [9.17, 15) is 9.59 Å². The molecule has 0 amide bonds.